The first-order valence-electron chi connectivity index (χ1n) is 6.55. The molecule has 2 N–H and O–H groups in total. The molecule has 0 saturated heterocycles. The van der Waals surface area contributed by atoms with Crippen LogP contribution in [-0.2, 0) is 0 Å². The summed E-state index contributed by atoms with van der Waals surface area (Å²) in [5, 5.41) is 19.0. The van der Waals surface area contributed by atoms with E-state index >= 15 is 0 Å². The van der Waals surface area contributed by atoms with Crippen molar-refractivity contribution in [2.24, 2.45) is 0 Å². The zero-order valence-corrected chi connectivity index (χ0v) is 11.4. The lowest BCUT2D eigenvalue weighted by atomic mass is 9.79. The second kappa shape index (κ2) is 5.20. The summed E-state index contributed by atoms with van der Waals surface area (Å²) >= 11 is 0. The van der Waals surface area contributed by atoms with Gasteiger partial charge in [-0.15, -0.1) is 0 Å². The summed E-state index contributed by atoms with van der Waals surface area (Å²) in [4.78, 5) is 12.2. The van der Waals surface area contributed by atoms with Crippen LogP contribution in [0.25, 0.3) is 22.3 Å². The molecule has 21 heavy (non-hydrogen) atoms. The molecule has 3 aromatic rings. The third-order valence-corrected chi connectivity index (χ3v) is 3.35. The molecule has 0 amide bonds. The van der Waals surface area contributed by atoms with E-state index in [1.54, 1.807) is 36.4 Å². The van der Waals surface area contributed by atoms with Crippen molar-refractivity contribution < 1.29 is 14.5 Å². The predicted molar refractivity (Wildman–Crippen MR) is 82.5 cm³/mol. The molecule has 0 fully saturated rings. The van der Waals surface area contributed by atoms with Gasteiger partial charge in [-0.1, -0.05) is 35.9 Å². The number of benzene rings is 2. The van der Waals surface area contributed by atoms with Gasteiger partial charge in [0.25, 0.3) is 0 Å². The van der Waals surface area contributed by atoms with Gasteiger partial charge in [-0.25, -0.2) is 0 Å². The van der Waals surface area contributed by atoms with Crippen LogP contribution in [0, 0.1) is 6.92 Å². The Morgan fingerprint density at radius 2 is 1.86 bits per heavy atom. The van der Waals surface area contributed by atoms with Crippen LogP contribution < -0.4 is 10.9 Å². The highest BCUT2D eigenvalue weighted by Gasteiger charge is 2.13. The SMILES string of the molecule is Cc1ccc2oc(-c3cccc(B(O)O)c3)cc(=O)c2c1. The molecule has 3 rings (SSSR count). The van der Waals surface area contributed by atoms with Gasteiger partial charge < -0.3 is 14.5 Å². The Hall–Kier alpha value is -2.37. The highest BCUT2D eigenvalue weighted by molar-refractivity contribution is 6.58. The summed E-state index contributed by atoms with van der Waals surface area (Å²) in [6.07, 6.45) is 0. The Morgan fingerprint density at radius 1 is 1.05 bits per heavy atom. The topological polar surface area (TPSA) is 70.7 Å². The normalized spacial score (nSPS) is 10.8. The minimum Gasteiger partial charge on any atom is -0.456 e. The van der Waals surface area contributed by atoms with Crippen molar-refractivity contribution in [1.82, 2.24) is 0 Å². The first-order chi connectivity index (χ1) is 10.0. The summed E-state index contributed by atoms with van der Waals surface area (Å²) in [6.45, 7) is 1.92. The van der Waals surface area contributed by atoms with Gasteiger partial charge in [-0.2, -0.15) is 0 Å². The monoisotopic (exact) mass is 280 g/mol. The fourth-order valence-corrected chi connectivity index (χ4v) is 2.26. The van der Waals surface area contributed by atoms with Crippen LogP contribution in [0.3, 0.4) is 0 Å². The van der Waals surface area contributed by atoms with Crippen molar-refractivity contribution in [2.45, 2.75) is 6.92 Å². The van der Waals surface area contributed by atoms with E-state index in [0.717, 1.165) is 5.56 Å². The summed E-state index contributed by atoms with van der Waals surface area (Å²) in [5.41, 5.74) is 2.36. The average Bonchev–Trinajstić information content (AvgIpc) is 2.48. The number of rotatable bonds is 2. The van der Waals surface area contributed by atoms with Crippen LogP contribution in [0.4, 0.5) is 0 Å². The second-order valence-electron chi connectivity index (χ2n) is 4.97. The lowest BCUT2D eigenvalue weighted by Gasteiger charge is -2.06. The molecule has 5 heteroatoms. The zero-order valence-electron chi connectivity index (χ0n) is 11.4. The van der Waals surface area contributed by atoms with E-state index in [9.17, 15) is 14.8 Å². The van der Waals surface area contributed by atoms with E-state index in [2.05, 4.69) is 0 Å². The van der Waals surface area contributed by atoms with E-state index < -0.39 is 7.12 Å². The number of fused-ring (bicyclic) bond motifs is 1. The first-order valence-corrected chi connectivity index (χ1v) is 6.55. The molecule has 0 saturated carbocycles. The molecule has 0 radical (unpaired) electrons. The third-order valence-electron chi connectivity index (χ3n) is 3.35. The summed E-state index contributed by atoms with van der Waals surface area (Å²) in [6, 6.07) is 13.5. The predicted octanol–water partition coefficient (Wildman–Crippen LogP) is 1.45. The van der Waals surface area contributed by atoms with E-state index in [4.69, 9.17) is 4.42 Å². The van der Waals surface area contributed by atoms with Gasteiger partial charge in [0.05, 0.1) is 5.39 Å². The maximum Gasteiger partial charge on any atom is 0.488 e. The average molecular weight is 280 g/mol. The van der Waals surface area contributed by atoms with Gasteiger partial charge in [0.1, 0.15) is 11.3 Å². The highest BCUT2D eigenvalue weighted by Crippen LogP contribution is 2.22. The second-order valence-corrected chi connectivity index (χ2v) is 4.97. The fraction of sp³-hybridized carbons (Fsp3) is 0.0625. The lowest BCUT2D eigenvalue weighted by Crippen LogP contribution is -2.29. The number of hydrogen-bond acceptors (Lipinski definition) is 4. The maximum absolute atomic E-state index is 12.2. The summed E-state index contributed by atoms with van der Waals surface area (Å²) < 4.78 is 5.76. The zero-order chi connectivity index (χ0) is 15.0. The highest BCUT2D eigenvalue weighted by atomic mass is 16.4. The van der Waals surface area contributed by atoms with E-state index in [1.807, 2.05) is 13.0 Å². The minimum absolute atomic E-state index is 0.120. The van der Waals surface area contributed by atoms with Crippen LogP contribution in [0.1, 0.15) is 5.56 Å². The molecule has 1 heterocycles. The van der Waals surface area contributed by atoms with Crippen LogP contribution >= 0.6 is 0 Å². The largest absolute Gasteiger partial charge is 0.488 e. The molecule has 0 aliphatic rings. The van der Waals surface area contributed by atoms with Gasteiger partial charge in [0, 0.05) is 11.6 Å². The lowest BCUT2D eigenvalue weighted by molar-refractivity contribution is 0.426. The molecular weight excluding hydrogens is 267 g/mol. The number of aryl methyl sites for hydroxylation is 1. The summed E-state index contributed by atoms with van der Waals surface area (Å²) in [7, 11) is -1.56. The van der Waals surface area contributed by atoms with Crippen LogP contribution in [0.15, 0.2) is 57.7 Å². The van der Waals surface area contributed by atoms with Crippen molar-refractivity contribution in [3.63, 3.8) is 0 Å². The van der Waals surface area contributed by atoms with Crippen LogP contribution in [-0.4, -0.2) is 17.2 Å². The number of hydrogen-bond donors (Lipinski definition) is 2. The van der Waals surface area contributed by atoms with Crippen molar-refractivity contribution >= 4 is 23.6 Å². The van der Waals surface area contributed by atoms with Gasteiger partial charge >= 0.3 is 7.12 Å². The molecule has 0 aliphatic carbocycles. The third kappa shape index (κ3) is 2.61. The van der Waals surface area contributed by atoms with Gasteiger partial charge in [0.15, 0.2) is 5.43 Å². The Kier molecular flexibility index (Phi) is 3.37. The molecule has 1 aromatic heterocycles. The van der Waals surface area contributed by atoms with Gasteiger partial charge in [-0.3, -0.25) is 4.79 Å². The molecule has 0 atom stereocenters. The van der Waals surface area contributed by atoms with Crippen molar-refractivity contribution in [3.8, 4) is 11.3 Å². The first kappa shape index (κ1) is 13.6. The summed E-state index contributed by atoms with van der Waals surface area (Å²) in [5.74, 6) is 0.402. The van der Waals surface area contributed by atoms with E-state index in [0.29, 0.717) is 27.8 Å². The van der Waals surface area contributed by atoms with Crippen molar-refractivity contribution in [1.29, 1.82) is 0 Å². The Balaban J connectivity index is 2.19. The molecule has 4 nitrogen and oxygen atoms in total. The molecule has 0 aliphatic heterocycles. The Morgan fingerprint density at radius 3 is 2.62 bits per heavy atom. The van der Waals surface area contributed by atoms with Crippen LogP contribution in [0.2, 0.25) is 0 Å². The fourth-order valence-electron chi connectivity index (χ4n) is 2.26. The molecular formula is C16H13BO4. The van der Waals surface area contributed by atoms with Crippen molar-refractivity contribution in [2.75, 3.05) is 0 Å². The maximum atomic E-state index is 12.2. The standard InChI is InChI=1S/C16H13BO4/c1-10-5-6-15-13(7-10)14(18)9-16(21-15)11-3-2-4-12(8-11)17(19)20/h2-9,19-20H,1H3. The van der Waals surface area contributed by atoms with Gasteiger partial charge in [0.2, 0.25) is 0 Å². The molecule has 2 aromatic carbocycles. The molecule has 0 spiro atoms. The Labute approximate surface area is 121 Å². The van der Waals surface area contributed by atoms with E-state index in [-0.39, 0.29) is 5.43 Å². The Bertz CT molecular complexity index is 868. The minimum atomic E-state index is -1.56. The van der Waals surface area contributed by atoms with Crippen LogP contribution in [0.5, 0.6) is 0 Å². The molecule has 0 bridgehead atoms. The quantitative estimate of drug-likeness (QED) is 0.697. The van der Waals surface area contributed by atoms with Gasteiger partial charge in [-0.05, 0) is 24.5 Å². The molecule has 0 unspecified atom stereocenters. The smallest absolute Gasteiger partial charge is 0.456 e. The van der Waals surface area contributed by atoms with Crippen molar-refractivity contribution in [3.05, 3.63) is 64.3 Å². The molecule has 104 valence electrons. The van der Waals surface area contributed by atoms with E-state index in [1.165, 1.54) is 6.07 Å².